The Morgan fingerprint density at radius 2 is 2.06 bits per heavy atom. The zero-order valence-corrected chi connectivity index (χ0v) is 10.0. The van der Waals surface area contributed by atoms with E-state index in [-0.39, 0.29) is 11.7 Å². The molecule has 0 bridgehead atoms. The van der Waals surface area contributed by atoms with Gasteiger partial charge in [-0.3, -0.25) is 9.55 Å². The molecular formula is C11H19N5O. The molecule has 1 aliphatic heterocycles. The first-order chi connectivity index (χ1) is 8.13. The molecule has 6 heteroatoms. The van der Waals surface area contributed by atoms with Crippen LogP contribution in [0.3, 0.4) is 0 Å². The minimum absolute atomic E-state index is 0.148. The third-order valence-electron chi connectivity index (χ3n) is 3.30. The van der Waals surface area contributed by atoms with Crippen LogP contribution in [0.2, 0.25) is 0 Å². The molecule has 0 saturated carbocycles. The second kappa shape index (κ2) is 4.67. The standard InChI is InChI=1S/C11H19N5O/c1-15-6-3-8(4-7-15)16-9(2-5-12)10(13)14-11(16)17/h2,5,8H,3-4,6-7,12-13H2,1H3,(H,14,17)/b5-2-. The van der Waals surface area contributed by atoms with Crippen molar-refractivity contribution in [3.05, 3.63) is 22.4 Å². The number of H-pyrrole nitrogens is 1. The molecule has 0 radical (unpaired) electrons. The van der Waals surface area contributed by atoms with Crippen LogP contribution in [0, 0.1) is 0 Å². The number of nitrogens with one attached hydrogen (secondary N) is 1. The highest BCUT2D eigenvalue weighted by Crippen LogP contribution is 2.23. The molecule has 1 fully saturated rings. The van der Waals surface area contributed by atoms with Crippen LogP contribution in [-0.4, -0.2) is 34.6 Å². The van der Waals surface area contributed by atoms with Gasteiger partial charge in [0.1, 0.15) is 5.82 Å². The normalized spacial score (nSPS) is 19.1. The van der Waals surface area contributed by atoms with Gasteiger partial charge >= 0.3 is 5.69 Å². The summed E-state index contributed by atoms with van der Waals surface area (Å²) in [5.74, 6) is 0.385. The van der Waals surface area contributed by atoms with Crippen LogP contribution in [-0.2, 0) is 0 Å². The fourth-order valence-corrected chi connectivity index (χ4v) is 2.36. The number of hydrogen-bond donors (Lipinski definition) is 3. The Labute approximate surface area is 99.9 Å². The number of nitrogens with two attached hydrogens (primary N) is 2. The van der Waals surface area contributed by atoms with E-state index in [1.165, 1.54) is 6.20 Å². The summed E-state index contributed by atoms with van der Waals surface area (Å²) < 4.78 is 1.73. The van der Waals surface area contributed by atoms with Crippen LogP contribution in [0.1, 0.15) is 24.6 Å². The van der Waals surface area contributed by atoms with E-state index in [1.807, 2.05) is 0 Å². The molecule has 2 heterocycles. The number of aromatic nitrogens is 2. The van der Waals surface area contributed by atoms with Crippen molar-refractivity contribution in [3.63, 3.8) is 0 Å². The Kier molecular flexibility index (Phi) is 3.23. The minimum Gasteiger partial charge on any atom is -0.405 e. The number of piperidine rings is 1. The first kappa shape index (κ1) is 11.8. The SMILES string of the molecule is CN1CCC(n2c(/C=C\N)c(N)[nH]c2=O)CC1. The Bertz CT molecular complexity index is 465. The Hall–Kier alpha value is -1.69. The number of anilines is 1. The van der Waals surface area contributed by atoms with E-state index in [4.69, 9.17) is 11.5 Å². The van der Waals surface area contributed by atoms with Crippen molar-refractivity contribution in [2.75, 3.05) is 25.9 Å². The topological polar surface area (TPSA) is 93.1 Å². The van der Waals surface area contributed by atoms with Gasteiger partial charge in [-0.1, -0.05) is 0 Å². The predicted octanol–water partition coefficient (Wildman–Crippen LogP) is -0.0453. The lowest BCUT2D eigenvalue weighted by Gasteiger charge is -2.29. The number of hydrogen-bond acceptors (Lipinski definition) is 4. The fourth-order valence-electron chi connectivity index (χ4n) is 2.36. The van der Waals surface area contributed by atoms with Gasteiger partial charge in [0.25, 0.3) is 0 Å². The number of rotatable bonds is 2. The summed E-state index contributed by atoms with van der Waals surface area (Å²) in [6.07, 6.45) is 4.99. The molecule has 5 N–H and O–H groups in total. The average Bonchev–Trinajstić information content (AvgIpc) is 2.56. The summed E-state index contributed by atoms with van der Waals surface area (Å²) in [6, 6.07) is 0.207. The highest BCUT2D eigenvalue weighted by atomic mass is 16.1. The Morgan fingerprint density at radius 1 is 1.41 bits per heavy atom. The number of likely N-dealkylation sites (tertiary alicyclic amines) is 1. The van der Waals surface area contributed by atoms with E-state index in [9.17, 15) is 4.79 Å². The lowest BCUT2D eigenvalue weighted by atomic mass is 10.1. The number of aromatic amines is 1. The molecule has 1 aliphatic rings. The number of nitrogens with zero attached hydrogens (tertiary/aromatic N) is 2. The monoisotopic (exact) mass is 237 g/mol. The molecule has 94 valence electrons. The minimum atomic E-state index is -0.148. The van der Waals surface area contributed by atoms with E-state index >= 15 is 0 Å². The van der Waals surface area contributed by atoms with Crippen LogP contribution in [0.25, 0.3) is 6.08 Å². The molecule has 0 amide bonds. The van der Waals surface area contributed by atoms with E-state index in [0.29, 0.717) is 11.5 Å². The van der Waals surface area contributed by atoms with E-state index in [2.05, 4.69) is 16.9 Å². The molecule has 17 heavy (non-hydrogen) atoms. The smallest absolute Gasteiger partial charge is 0.327 e. The highest BCUT2D eigenvalue weighted by Gasteiger charge is 2.22. The van der Waals surface area contributed by atoms with Crippen molar-refractivity contribution < 1.29 is 0 Å². The lowest BCUT2D eigenvalue weighted by Crippen LogP contribution is -2.35. The lowest BCUT2D eigenvalue weighted by molar-refractivity contribution is 0.218. The second-order valence-corrected chi connectivity index (χ2v) is 4.49. The third-order valence-corrected chi connectivity index (χ3v) is 3.30. The summed E-state index contributed by atoms with van der Waals surface area (Å²) in [7, 11) is 2.09. The first-order valence-electron chi connectivity index (χ1n) is 5.80. The van der Waals surface area contributed by atoms with Gasteiger partial charge in [0, 0.05) is 6.04 Å². The van der Waals surface area contributed by atoms with Crippen LogP contribution in [0.15, 0.2) is 11.0 Å². The number of nitrogen functional groups attached to an aromatic ring is 1. The third kappa shape index (κ3) is 2.21. The molecule has 0 atom stereocenters. The average molecular weight is 237 g/mol. The van der Waals surface area contributed by atoms with Crippen molar-refractivity contribution in [2.24, 2.45) is 5.73 Å². The Morgan fingerprint density at radius 3 is 2.65 bits per heavy atom. The van der Waals surface area contributed by atoms with Crippen LogP contribution in [0.4, 0.5) is 5.82 Å². The quantitative estimate of drug-likeness (QED) is 0.672. The summed E-state index contributed by atoms with van der Waals surface area (Å²) in [5, 5.41) is 0. The van der Waals surface area contributed by atoms with Gasteiger partial charge in [0.15, 0.2) is 0 Å². The molecule has 0 spiro atoms. The molecule has 0 aromatic carbocycles. The Balaban J connectivity index is 2.34. The summed E-state index contributed by atoms with van der Waals surface area (Å²) >= 11 is 0. The van der Waals surface area contributed by atoms with Crippen LogP contribution < -0.4 is 17.2 Å². The van der Waals surface area contributed by atoms with Crippen molar-refractivity contribution in [2.45, 2.75) is 18.9 Å². The van der Waals surface area contributed by atoms with Crippen molar-refractivity contribution >= 4 is 11.9 Å². The largest absolute Gasteiger partial charge is 0.405 e. The zero-order valence-electron chi connectivity index (χ0n) is 10.0. The molecule has 1 saturated heterocycles. The van der Waals surface area contributed by atoms with E-state index < -0.39 is 0 Å². The molecule has 1 aromatic rings. The van der Waals surface area contributed by atoms with Gasteiger partial charge in [-0.2, -0.15) is 0 Å². The molecule has 6 nitrogen and oxygen atoms in total. The van der Waals surface area contributed by atoms with Crippen LogP contribution in [0.5, 0.6) is 0 Å². The van der Waals surface area contributed by atoms with Crippen molar-refractivity contribution in [1.82, 2.24) is 14.5 Å². The van der Waals surface area contributed by atoms with Crippen molar-refractivity contribution in [1.29, 1.82) is 0 Å². The van der Waals surface area contributed by atoms with E-state index in [0.717, 1.165) is 25.9 Å². The van der Waals surface area contributed by atoms with Gasteiger partial charge in [0.05, 0.1) is 5.69 Å². The van der Waals surface area contributed by atoms with Gasteiger partial charge in [0.2, 0.25) is 0 Å². The maximum Gasteiger partial charge on any atom is 0.327 e. The first-order valence-corrected chi connectivity index (χ1v) is 5.80. The highest BCUT2D eigenvalue weighted by molar-refractivity contribution is 5.57. The number of imidazole rings is 1. The van der Waals surface area contributed by atoms with Crippen molar-refractivity contribution in [3.8, 4) is 0 Å². The van der Waals surface area contributed by atoms with E-state index in [1.54, 1.807) is 10.6 Å². The molecule has 0 unspecified atom stereocenters. The molecule has 2 rings (SSSR count). The van der Waals surface area contributed by atoms with Gasteiger partial charge in [-0.25, -0.2) is 4.79 Å². The summed E-state index contributed by atoms with van der Waals surface area (Å²) in [6.45, 7) is 1.99. The maximum absolute atomic E-state index is 11.9. The maximum atomic E-state index is 11.9. The summed E-state index contributed by atoms with van der Waals surface area (Å²) in [4.78, 5) is 16.7. The predicted molar refractivity (Wildman–Crippen MR) is 68.5 cm³/mol. The van der Waals surface area contributed by atoms with Gasteiger partial charge < -0.3 is 16.4 Å². The summed E-state index contributed by atoms with van der Waals surface area (Å²) in [5.41, 5.74) is 11.7. The van der Waals surface area contributed by atoms with Crippen LogP contribution >= 0.6 is 0 Å². The second-order valence-electron chi connectivity index (χ2n) is 4.49. The molecular weight excluding hydrogens is 218 g/mol. The zero-order chi connectivity index (χ0) is 12.4. The van der Waals surface area contributed by atoms with Gasteiger partial charge in [-0.15, -0.1) is 0 Å². The molecule has 0 aliphatic carbocycles. The fraction of sp³-hybridized carbons (Fsp3) is 0.545. The molecule has 1 aromatic heterocycles. The van der Waals surface area contributed by atoms with Gasteiger partial charge in [-0.05, 0) is 45.3 Å².